The number of thioether (sulfide) groups is 1. The molecule has 0 bridgehead atoms. The molecule has 0 aromatic heterocycles. The van der Waals surface area contributed by atoms with E-state index in [4.69, 9.17) is 0 Å². The van der Waals surface area contributed by atoms with E-state index in [-0.39, 0.29) is 17.1 Å². The lowest BCUT2D eigenvalue weighted by molar-refractivity contribution is -0.124. The van der Waals surface area contributed by atoms with Crippen LogP contribution < -0.4 is 15.1 Å². The van der Waals surface area contributed by atoms with Crippen LogP contribution in [-0.2, 0) is 19.3 Å². The third-order valence-electron chi connectivity index (χ3n) is 5.67. The lowest BCUT2D eigenvalue weighted by Crippen LogP contribution is -2.51. The molecule has 1 fully saturated rings. The Morgan fingerprint density at radius 1 is 0.941 bits per heavy atom. The fourth-order valence-electron chi connectivity index (χ4n) is 4.23. The standard InChI is InChI=1S/C24H16F3N3O3S/c25-16-10-9-14(11-18(16)27)30-22(32)13-34-24(30)15-5-1-4-8-20(15)29(23(24)33)12-21(31)28-19-7-3-2-6-17(19)26/h1-11H,12-13H2,(H,28,31)/t24-/m0/s1. The summed E-state index contributed by atoms with van der Waals surface area (Å²) in [5, 5.41) is 2.45. The normalized spacial score (nSPS) is 19.1. The molecule has 1 N–H and O–H groups in total. The summed E-state index contributed by atoms with van der Waals surface area (Å²) in [6.45, 7) is -0.438. The van der Waals surface area contributed by atoms with Gasteiger partial charge in [0.05, 0.1) is 17.1 Å². The molecule has 10 heteroatoms. The first-order valence-corrected chi connectivity index (χ1v) is 11.2. The Labute approximate surface area is 196 Å². The van der Waals surface area contributed by atoms with Gasteiger partial charge >= 0.3 is 0 Å². The monoisotopic (exact) mass is 483 g/mol. The van der Waals surface area contributed by atoms with Gasteiger partial charge < -0.3 is 5.32 Å². The molecule has 1 spiro atoms. The number of amides is 3. The molecule has 1 atom stereocenters. The summed E-state index contributed by atoms with van der Waals surface area (Å²) in [6.07, 6.45) is 0. The van der Waals surface area contributed by atoms with Crippen LogP contribution in [0.1, 0.15) is 5.56 Å². The molecular formula is C24H16F3N3O3S. The Morgan fingerprint density at radius 2 is 1.68 bits per heavy atom. The van der Waals surface area contributed by atoms with Gasteiger partial charge in [-0.15, -0.1) is 11.8 Å². The Bertz CT molecular complexity index is 1350. The number of fused-ring (bicyclic) bond motifs is 2. The van der Waals surface area contributed by atoms with Gasteiger partial charge in [-0.25, -0.2) is 13.2 Å². The van der Waals surface area contributed by atoms with E-state index >= 15 is 0 Å². The van der Waals surface area contributed by atoms with E-state index in [0.29, 0.717) is 11.3 Å². The fraction of sp³-hybridized carbons (Fsp3) is 0.125. The van der Waals surface area contributed by atoms with Crippen LogP contribution >= 0.6 is 11.8 Å². The Balaban J connectivity index is 1.53. The van der Waals surface area contributed by atoms with Crippen molar-refractivity contribution in [1.82, 2.24) is 0 Å². The van der Waals surface area contributed by atoms with E-state index in [2.05, 4.69) is 5.32 Å². The lowest BCUT2D eigenvalue weighted by Gasteiger charge is -2.33. The maximum Gasteiger partial charge on any atom is 0.269 e. The van der Waals surface area contributed by atoms with E-state index < -0.39 is 46.6 Å². The minimum Gasteiger partial charge on any atom is -0.322 e. The Kier molecular flexibility index (Phi) is 5.32. The molecular weight excluding hydrogens is 467 g/mol. The molecule has 3 aromatic rings. The maximum atomic E-state index is 14.0. The van der Waals surface area contributed by atoms with Gasteiger partial charge in [0, 0.05) is 17.3 Å². The van der Waals surface area contributed by atoms with Gasteiger partial charge in [0.2, 0.25) is 16.7 Å². The number of hydrogen-bond acceptors (Lipinski definition) is 4. The molecule has 0 unspecified atom stereocenters. The van der Waals surface area contributed by atoms with Crippen molar-refractivity contribution in [2.45, 2.75) is 4.87 Å². The number of halogens is 3. The second kappa shape index (κ2) is 8.21. The summed E-state index contributed by atoms with van der Waals surface area (Å²) in [7, 11) is 0. The number of nitrogens with zero attached hydrogens (tertiary/aromatic N) is 2. The maximum absolute atomic E-state index is 14.0. The molecule has 0 radical (unpaired) electrons. The van der Waals surface area contributed by atoms with Crippen molar-refractivity contribution in [1.29, 1.82) is 0 Å². The second-order valence-corrected chi connectivity index (χ2v) is 8.86. The summed E-state index contributed by atoms with van der Waals surface area (Å²) in [5.41, 5.74) is 0.830. The van der Waals surface area contributed by atoms with Crippen LogP contribution in [-0.4, -0.2) is 30.0 Å². The highest BCUT2D eigenvalue weighted by molar-refractivity contribution is 8.02. The molecule has 2 aliphatic rings. The molecule has 3 amide bonds. The third-order valence-corrected chi connectivity index (χ3v) is 7.06. The van der Waals surface area contributed by atoms with Crippen molar-refractivity contribution < 1.29 is 27.6 Å². The van der Waals surface area contributed by atoms with Crippen molar-refractivity contribution in [2.75, 3.05) is 27.4 Å². The first-order valence-electron chi connectivity index (χ1n) is 10.2. The fourth-order valence-corrected chi connectivity index (χ4v) is 5.59. The first kappa shape index (κ1) is 22.0. The molecule has 0 saturated carbocycles. The van der Waals surface area contributed by atoms with Crippen LogP contribution in [0.2, 0.25) is 0 Å². The summed E-state index contributed by atoms with van der Waals surface area (Å²) < 4.78 is 41.5. The summed E-state index contributed by atoms with van der Waals surface area (Å²) in [4.78, 5) is 40.2. The van der Waals surface area contributed by atoms with E-state index in [1.54, 1.807) is 30.3 Å². The predicted molar refractivity (Wildman–Crippen MR) is 122 cm³/mol. The average Bonchev–Trinajstić information content (AvgIpc) is 3.28. The Morgan fingerprint density at radius 3 is 2.44 bits per heavy atom. The molecule has 5 rings (SSSR count). The molecule has 3 aromatic carbocycles. The van der Waals surface area contributed by atoms with Gasteiger partial charge in [-0.1, -0.05) is 30.3 Å². The molecule has 2 aliphatic heterocycles. The van der Waals surface area contributed by atoms with Crippen LogP contribution in [0.25, 0.3) is 0 Å². The van der Waals surface area contributed by atoms with Gasteiger partial charge in [0.25, 0.3) is 5.91 Å². The zero-order chi connectivity index (χ0) is 24.0. The molecule has 2 heterocycles. The SMILES string of the molecule is O=C(CN1C(=O)[C@@]2(SCC(=O)N2c2ccc(F)c(F)c2)c2ccccc21)Nc1ccccc1F. The number of nitrogens with one attached hydrogen (secondary N) is 1. The zero-order valence-electron chi connectivity index (χ0n) is 17.4. The zero-order valence-corrected chi connectivity index (χ0v) is 18.2. The van der Waals surface area contributed by atoms with Crippen LogP contribution in [0, 0.1) is 17.5 Å². The summed E-state index contributed by atoms with van der Waals surface area (Å²) in [5.74, 6) is -4.62. The smallest absolute Gasteiger partial charge is 0.269 e. The number of rotatable bonds is 4. The number of anilines is 3. The van der Waals surface area contributed by atoms with Gasteiger partial charge in [0.15, 0.2) is 11.6 Å². The van der Waals surface area contributed by atoms with E-state index in [0.717, 1.165) is 28.8 Å². The minimum atomic E-state index is -1.59. The van der Waals surface area contributed by atoms with E-state index in [1.807, 2.05) is 0 Å². The van der Waals surface area contributed by atoms with Crippen LogP contribution in [0.5, 0.6) is 0 Å². The number of carbonyl (C=O) groups excluding carboxylic acids is 3. The predicted octanol–water partition coefficient (Wildman–Crippen LogP) is 4.02. The minimum absolute atomic E-state index is 0.0229. The van der Waals surface area contributed by atoms with Crippen LogP contribution in [0.4, 0.5) is 30.2 Å². The highest BCUT2D eigenvalue weighted by Gasteiger charge is 2.61. The average molecular weight is 483 g/mol. The second-order valence-electron chi connectivity index (χ2n) is 7.70. The van der Waals surface area contributed by atoms with Crippen molar-refractivity contribution in [3.8, 4) is 0 Å². The molecule has 0 aliphatic carbocycles. The first-order chi connectivity index (χ1) is 16.3. The van der Waals surface area contributed by atoms with Gasteiger partial charge in [-0.3, -0.25) is 24.2 Å². The largest absolute Gasteiger partial charge is 0.322 e. The highest BCUT2D eigenvalue weighted by atomic mass is 32.2. The molecule has 172 valence electrons. The lowest BCUT2D eigenvalue weighted by atomic mass is 10.0. The van der Waals surface area contributed by atoms with Crippen LogP contribution in [0.15, 0.2) is 66.7 Å². The summed E-state index contributed by atoms with van der Waals surface area (Å²) >= 11 is 1.04. The van der Waals surface area contributed by atoms with Crippen molar-refractivity contribution in [3.63, 3.8) is 0 Å². The molecule has 6 nitrogen and oxygen atoms in total. The topological polar surface area (TPSA) is 69.7 Å². The molecule has 34 heavy (non-hydrogen) atoms. The number of para-hydroxylation sites is 2. The van der Waals surface area contributed by atoms with Gasteiger partial charge in [0.1, 0.15) is 12.4 Å². The quantitative estimate of drug-likeness (QED) is 0.609. The summed E-state index contributed by atoms with van der Waals surface area (Å²) in [6, 6.07) is 15.3. The van der Waals surface area contributed by atoms with Crippen LogP contribution in [0.3, 0.4) is 0 Å². The van der Waals surface area contributed by atoms with Crippen molar-refractivity contribution >= 4 is 46.5 Å². The van der Waals surface area contributed by atoms with E-state index in [9.17, 15) is 27.6 Å². The number of benzene rings is 3. The highest BCUT2D eigenvalue weighted by Crippen LogP contribution is 2.55. The molecule has 1 saturated heterocycles. The van der Waals surface area contributed by atoms with Crippen molar-refractivity contribution in [2.24, 2.45) is 0 Å². The number of hydrogen-bond donors (Lipinski definition) is 1. The number of carbonyl (C=O) groups is 3. The van der Waals surface area contributed by atoms with Gasteiger partial charge in [-0.05, 0) is 30.3 Å². The van der Waals surface area contributed by atoms with E-state index in [1.165, 1.54) is 29.2 Å². The van der Waals surface area contributed by atoms with Crippen molar-refractivity contribution in [3.05, 3.63) is 89.7 Å². The Hall–Kier alpha value is -3.79. The third kappa shape index (κ3) is 3.33. The van der Waals surface area contributed by atoms with Gasteiger partial charge in [-0.2, -0.15) is 0 Å².